The maximum Gasteiger partial charge on any atom is 0.236 e. The van der Waals surface area contributed by atoms with Crippen molar-refractivity contribution in [2.24, 2.45) is 16.3 Å². The van der Waals surface area contributed by atoms with Crippen LogP contribution in [-0.4, -0.2) is 33.6 Å². The molecule has 0 spiro atoms. The van der Waals surface area contributed by atoms with Gasteiger partial charge in [-0.3, -0.25) is 10.3 Å². The van der Waals surface area contributed by atoms with Crippen molar-refractivity contribution in [3.8, 4) is 16.9 Å². The van der Waals surface area contributed by atoms with Gasteiger partial charge < -0.3 is 0 Å². The first-order valence-electron chi connectivity index (χ1n) is 13.2. The molecule has 200 valence electrons. The van der Waals surface area contributed by atoms with E-state index in [9.17, 15) is 4.79 Å². The van der Waals surface area contributed by atoms with Gasteiger partial charge in [-0.15, -0.1) is 0 Å². The molecule has 2 aromatic heterocycles. The third kappa shape index (κ3) is 6.00. The van der Waals surface area contributed by atoms with Crippen LogP contribution in [0.3, 0.4) is 0 Å². The lowest BCUT2D eigenvalue weighted by atomic mass is 9.53. The summed E-state index contributed by atoms with van der Waals surface area (Å²) in [6.07, 6.45) is 7.73. The number of benzene rings is 2. The van der Waals surface area contributed by atoms with Gasteiger partial charge in [0.05, 0.1) is 21.4 Å². The molecule has 1 N–H and O–H groups in total. The highest BCUT2D eigenvalue weighted by atomic mass is 35.5. The molecule has 3 atom stereocenters. The van der Waals surface area contributed by atoms with Crippen LogP contribution in [-0.2, 0) is 11.2 Å². The molecule has 2 heterocycles. The second-order valence-electron chi connectivity index (χ2n) is 10.7. The van der Waals surface area contributed by atoms with Gasteiger partial charge in [0.15, 0.2) is 0 Å². The van der Waals surface area contributed by atoms with E-state index in [1.165, 1.54) is 0 Å². The smallest absolute Gasteiger partial charge is 0.236 e. The Morgan fingerprint density at radius 3 is 2.62 bits per heavy atom. The van der Waals surface area contributed by atoms with Crippen molar-refractivity contribution in [3.63, 3.8) is 0 Å². The number of aromatic nitrogens is 3. The minimum absolute atomic E-state index is 0.0464. The lowest BCUT2D eigenvalue weighted by Crippen LogP contribution is -2.45. The molecule has 0 radical (unpaired) electrons. The first-order chi connectivity index (χ1) is 18.9. The predicted molar refractivity (Wildman–Crippen MR) is 156 cm³/mol. The number of carbonyl (C=O) groups excluding carboxylic acids is 1. The van der Waals surface area contributed by atoms with Crippen molar-refractivity contribution in [1.82, 2.24) is 20.1 Å². The molecule has 1 aliphatic rings. The predicted octanol–water partition coefficient (Wildman–Crippen LogP) is 7.26. The molecule has 1 unspecified atom stereocenters. The molecule has 0 bridgehead atoms. The highest BCUT2D eigenvalue weighted by Gasteiger charge is 2.49. The SMILES string of the molecule is CC1(C)[C@@H](CCNC(Cc2ccccc2)N=C=O)C[C@H]1c1cc(-c2cccnc2)nn1-c1ccc(Cl)c(Cl)c1. The van der Waals surface area contributed by atoms with Crippen LogP contribution in [0.5, 0.6) is 0 Å². The van der Waals surface area contributed by atoms with Gasteiger partial charge in [0.2, 0.25) is 6.08 Å². The van der Waals surface area contributed by atoms with E-state index in [4.69, 9.17) is 28.3 Å². The van der Waals surface area contributed by atoms with Gasteiger partial charge >= 0.3 is 0 Å². The molecule has 0 saturated heterocycles. The Hall–Kier alpha value is -3.28. The van der Waals surface area contributed by atoms with E-state index in [-0.39, 0.29) is 11.6 Å². The molecule has 39 heavy (non-hydrogen) atoms. The van der Waals surface area contributed by atoms with Crippen molar-refractivity contribution in [3.05, 3.63) is 100 Å². The topological polar surface area (TPSA) is 72.2 Å². The Morgan fingerprint density at radius 2 is 1.92 bits per heavy atom. The zero-order chi connectivity index (χ0) is 27.4. The molecule has 4 aromatic rings. The molecule has 1 saturated carbocycles. The van der Waals surface area contributed by atoms with E-state index in [2.05, 4.69) is 35.2 Å². The second-order valence-corrected chi connectivity index (χ2v) is 11.5. The number of nitrogens with one attached hydrogen (secondary N) is 1. The summed E-state index contributed by atoms with van der Waals surface area (Å²) in [5, 5.41) is 9.44. The average Bonchev–Trinajstić information content (AvgIpc) is 3.37. The molecular weight excluding hydrogens is 529 g/mol. The summed E-state index contributed by atoms with van der Waals surface area (Å²) in [5.41, 5.74) is 5.05. The molecule has 5 rings (SSSR count). The van der Waals surface area contributed by atoms with E-state index < -0.39 is 0 Å². The molecule has 1 fully saturated rings. The van der Waals surface area contributed by atoms with E-state index >= 15 is 0 Å². The van der Waals surface area contributed by atoms with E-state index in [0.717, 1.165) is 47.6 Å². The normalized spacial score (nSPS) is 18.7. The number of isocyanates is 1. The van der Waals surface area contributed by atoms with Crippen LogP contribution in [0.4, 0.5) is 0 Å². The van der Waals surface area contributed by atoms with Crippen LogP contribution in [0.25, 0.3) is 16.9 Å². The molecule has 0 aliphatic heterocycles. The quantitative estimate of drug-likeness (QED) is 0.164. The van der Waals surface area contributed by atoms with Gasteiger partial charge in [-0.05, 0) is 72.7 Å². The summed E-state index contributed by atoms with van der Waals surface area (Å²) in [6, 6.07) is 21.8. The van der Waals surface area contributed by atoms with Gasteiger partial charge in [-0.2, -0.15) is 10.1 Å². The third-order valence-electron chi connectivity index (χ3n) is 8.02. The number of hydrogen-bond donors (Lipinski definition) is 1. The molecule has 2 aromatic carbocycles. The van der Waals surface area contributed by atoms with E-state index in [1.54, 1.807) is 12.3 Å². The standard InChI is InChI=1S/C31H31Cl2N5O/c1-31(2)23(12-14-35-30(36-20-39)15-21-7-4-3-5-8-21)16-25(31)29-18-28(22-9-6-13-34-19-22)37-38(29)24-10-11-26(32)27(33)17-24/h3-11,13,17-19,23,25,30,35H,12,14-16H2,1-2H3/t23-,25-,30?/m0/s1. The minimum Gasteiger partial charge on any atom is -0.295 e. The molecule has 6 nitrogen and oxygen atoms in total. The molecule has 0 amide bonds. The Morgan fingerprint density at radius 1 is 1.10 bits per heavy atom. The zero-order valence-electron chi connectivity index (χ0n) is 22.0. The first-order valence-corrected chi connectivity index (χ1v) is 13.9. The molecular formula is C31H31Cl2N5O. The summed E-state index contributed by atoms with van der Waals surface area (Å²) >= 11 is 12.6. The Kier molecular flexibility index (Phi) is 8.29. The van der Waals surface area contributed by atoms with Crippen molar-refractivity contribution < 1.29 is 4.79 Å². The number of hydrogen-bond acceptors (Lipinski definition) is 5. The van der Waals surface area contributed by atoms with Gasteiger partial charge in [-0.25, -0.2) is 9.48 Å². The zero-order valence-corrected chi connectivity index (χ0v) is 23.5. The Labute approximate surface area is 239 Å². The van der Waals surface area contributed by atoms with Gasteiger partial charge in [0.25, 0.3) is 0 Å². The lowest BCUT2D eigenvalue weighted by molar-refractivity contribution is 0.0230. The van der Waals surface area contributed by atoms with Crippen molar-refractivity contribution in [2.45, 2.75) is 45.2 Å². The van der Waals surface area contributed by atoms with Crippen LogP contribution >= 0.6 is 23.2 Å². The molecule has 1 aliphatic carbocycles. The summed E-state index contributed by atoms with van der Waals surface area (Å²) in [6.45, 7) is 5.43. The van der Waals surface area contributed by atoms with E-state index in [1.807, 2.05) is 71.5 Å². The van der Waals surface area contributed by atoms with E-state index in [0.29, 0.717) is 28.3 Å². The number of halogens is 2. The van der Waals surface area contributed by atoms with Crippen molar-refractivity contribution in [1.29, 1.82) is 0 Å². The maximum absolute atomic E-state index is 11.0. The second kappa shape index (κ2) is 11.8. The summed E-state index contributed by atoms with van der Waals surface area (Å²) in [4.78, 5) is 19.3. The Balaban J connectivity index is 1.32. The minimum atomic E-state index is -0.276. The van der Waals surface area contributed by atoms with Crippen LogP contribution in [0.15, 0.2) is 84.1 Å². The largest absolute Gasteiger partial charge is 0.295 e. The van der Waals surface area contributed by atoms with Crippen LogP contribution < -0.4 is 5.32 Å². The highest BCUT2D eigenvalue weighted by Crippen LogP contribution is 2.58. The van der Waals surface area contributed by atoms with Crippen LogP contribution in [0, 0.1) is 11.3 Å². The maximum atomic E-state index is 11.0. The number of pyridine rings is 1. The van der Waals surface area contributed by atoms with Crippen molar-refractivity contribution in [2.75, 3.05) is 6.54 Å². The first kappa shape index (κ1) is 27.3. The number of nitrogens with zero attached hydrogens (tertiary/aromatic N) is 4. The Bertz CT molecular complexity index is 1470. The van der Waals surface area contributed by atoms with Crippen LogP contribution in [0.1, 0.15) is 43.9 Å². The van der Waals surface area contributed by atoms with Crippen molar-refractivity contribution >= 4 is 29.3 Å². The summed E-state index contributed by atoms with van der Waals surface area (Å²) < 4.78 is 2.00. The number of rotatable bonds is 10. The fourth-order valence-electron chi connectivity index (χ4n) is 5.62. The van der Waals surface area contributed by atoms with Gasteiger partial charge in [0.1, 0.15) is 6.17 Å². The number of aliphatic imine (C=N–C) groups is 1. The van der Waals surface area contributed by atoms with Gasteiger partial charge in [0, 0.05) is 36.0 Å². The highest BCUT2D eigenvalue weighted by molar-refractivity contribution is 6.42. The van der Waals surface area contributed by atoms with Gasteiger partial charge in [-0.1, -0.05) is 67.4 Å². The average molecular weight is 561 g/mol. The third-order valence-corrected chi connectivity index (χ3v) is 8.76. The lowest BCUT2D eigenvalue weighted by Gasteiger charge is -2.52. The monoisotopic (exact) mass is 559 g/mol. The van der Waals surface area contributed by atoms with Crippen LogP contribution in [0.2, 0.25) is 10.0 Å². The molecule has 8 heteroatoms. The fourth-order valence-corrected chi connectivity index (χ4v) is 5.91. The summed E-state index contributed by atoms with van der Waals surface area (Å²) in [5.74, 6) is 0.814. The summed E-state index contributed by atoms with van der Waals surface area (Å²) in [7, 11) is 0. The fraction of sp³-hybridized carbons (Fsp3) is 0.323.